The fourth-order valence-electron chi connectivity index (χ4n) is 6.16. The summed E-state index contributed by atoms with van der Waals surface area (Å²) >= 11 is 0. The van der Waals surface area contributed by atoms with Crippen LogP contribution >= 0.6 is 0 Å². The Bertz CT molecular complexity index is 697. The van der Waals surface area contributed by atoms with Gasteiger partial charge in [-0.3, -0.25) is 9.59 Å². The number of rotatable bonds is 8. The summed E-state index contributed by atoms with van der Waals surface area (Å²) in [7, 11) is 0. The molecule has 4 aliphatic rings. The Hall–Kier alpha value is -1.14. The van der Waals surface area contributed by atoms with Crippen molar-refractivity contribution >= 4 is 11.9 Å². The van der Waals surface area contributed by atoms with Crippen LogP contribution in [0.1, 0.15) is 99.8 Å². The summed E-state index contributed by atoms with van der Waals surface area (Å²) in [6, 6.07) is 0. The van der Waals surface area contributed by atoms with Crippen molar-refractivity contribution < 1.29 is 29.3 Å². The third-order valence-electron chi connectivity index (χ3n) is 7.91. The van der Waals surface area contributed by atoms with E-state index < -0.39 is 33.7 Å². The van der Waals surface area contributed by atoms with Gasteiger partial charge in [0.1, 0.15) is 11.7 Å². The minimum absolute atomic E-state index is 0.149. The summed E-state index contributed by atoms with van der Waals surface area (Å²) in [5.41, 5.74) is -4.16. The van der Waals surface area contributed by atoms with Crippen LogP contribution in [-0.2, 0) is 19.1 Å². The molecule has 178 valence electrons. The number of aliphatic hydroxyl groups is 2. The molecule has 0 aromatic rings. The first kappa shape index (κ1) is 24.5. The lowest BCUT2D eigenvalue weighted by atomic mass is 9.48. The van der Waals surface area contributed by atoms with Crippen LogP contribution in [0.2, 0.25) is 0 Å². The zero-order valence-electron chi connectivity index (χ0n) is 20.4. The van der Waals surface area contributed by atoms with Crippen LogP contribution in [0.5, 0.6) is 0 Å². The third-order valence-corrected chi connectivity index (χ3v) is 7.91. The zero-order valence-corrected chi connectivity index (χ0v) is 20.4. The van der Waals surface area contributed by atoms with Gasteiger partial charge in [-0.05, 0) is 91.9 Å². The number of hydrogen-bond donors (Lipinski definition) is 2. The normalized spacial score (nSPS) is 33.8. The first-order valence-corrected chi connectivity index (χ1v) is 11.9. The highest BCUT2D eigenvalue weighted by Gasteiger charge is 2.63. The maximum atomic E-state index is 13.6. The molecule has 3 unspecified atom stereocenters. The van der Waals surface area contributed by atoms with Crippen molar-refractivity contribution in [1.29, 1.82) is 0 Å². The second-order valence-electron chi connectivity index (χ2n) is 12.6. The van der Waals surface area contributed by atoms with Crippen molar-refractivity contribution in [3.05, 3.63) is 0 Å². The topological polar surface area (TPSA) is 93.1 Å². The fourth-order valence-corrected chi connectivity index (χ4v) is 6.16. The molecule has 4 rings (SSSR count). The van der Waals surface area contributed by atoms with Crippen molar-refractivity contribution in [1.82, 2.24) is 0 Å². The van der Waals surface area contributed by atoms with E-state index in [4.69, 9.17) is 9.47 Å². The van der Waals surface area contributed by atoms with Crippen LogP contribution < -0.4 is 0 Å². The Morgan fingerprint density at radius 2 is 1.55 bits per heavy atom. The highest BCUT2D eigenvalue weighted by molar-refractivity contribution is 5.79. The predicted molar refractivity (Wildman–Crippen MR) is 117 cm³/mol. The molecule has 0 spiro atoms. The van der Waals surface area contributed by atoms with Crippen LogP contribution in [0.25, 0.3) is 0 Å². The lowest BCUT2D eigenvalue weighted by molar-refractivity contribution is -0.224. The van der Waals surface area contributed by atoms with E-state index in [9.17, 15) is 19.8 Å². The second-order valence-corrected chi connectivity index (χ2v) is 12.6. The molecule has 0 aromatic heterocycles. The highest BCUT2D eigenvalue weighted by atomic mass is 16.6. The number of esters is 2. The number of ether oxygens (including phenoxy) is 2. The molecule has 0 heterocycles. The van der Waals surface area contributed by atoms with Gasteiger partial charge in [0, 0.05) is 12.8 Å². The summed E-state index contributed by atoms with van der Waals surface area (Å²) in [5.74, 6) is 0.201. The molecule has 4 aliphatic carbocycles. The van der Waals surface area contributed by atoms with Crippen molar-refractivity contribution in [2.45, 2.75) is 123 Å². The van der Waals surface area contributed by atoms with Crippen LogP contribution in [0.4, 0.5) is 0 Å². The minimum Gasteiger partial charge on any atom is -0.459 e. The molecule has 4 fully saturated rings. The van der Waals surface area contributed by atoms with E-state index in [-0.39, 0.29) is 18.4 Å². The number of carbonyl (C=O) groups is 2. The molecule has 4 bridgehead atoms. The predicted octanol–water partition coefficient (Wildman–Crippen LogP) is 4.15. The maximum absolute atomic E-state index is 13.6. The second kappa shape index (κ2) is 7.72. The zero-order chi connectivity index (χ0) is 23.5. The average molecular weight is 439 g/mol. The van der Waals surface area contributed by atoms with Crippen molar-refractivity contribution in [2.75, 3.05) is 0 Å². The van der Waals surface area contributed by atoms with Crippen molar-refractivity contribution in [2.24, 2.45) is 22.7 Å². The molecular formula is C25H42O6. The molecule has 0 aliphatic heterocycles. The standard InChI is InChI=1S/C25H42O6/c1-8-21(2,3)19(26)31-25-12-16-9-17(13-25)11-24(10-16,15-25)20(27)30-18(23(6,7)29)14-22(4,5)28/h16-18,28-29H,8-15H2,1-7H3. The summed E-state index contributed by atoms with van der Waals surface area (Å²) in [5, 5.41) is 20.9. The molecule has 0 saturated heterocycles. The molecule has 6 heteroatoms. The van der Waals surface area contributed by atoms with E-state index in [1.807, 2.05) is 20.8 Å². The molecule has 6 nitrogen and oxygen atoms in total. The van der Waals surface area contributed by atoms with Gasteiger partial charge in [0.2, 0.25) is 0 Å². The highest BCUT2D eigenvalue weighted by Crippen LogP contribution is 2.63. The number of hydrogen-bond acceptors (Lipinski definition) is 6. The molecule has 4 saturated carbocycles. The largest absolute Gasteiger partial charge is 0.459 e. The van der Waals surface area contributed by atoms with Crippen LogP contribution in [0.15, 0.2) is 0 Å². The molecular weight excluding hydrogens is 396 g/mol. The Balaban J connectivity index is 1.82. The molecule has 0 aromatic carbocycles. The van der Waals surface area contributed by atoms with Crippen LogP contribution in [0.3, 0.4) is 0 Å². The molecule has 3 atom stereocenters. The van der Waals surface area contributed by atoms with Gasteiger partial charge < -0.3 is 19.7 Å². The van der Waals surface area contributed by atoms with Crippen LogP contribution in [0, 0.1) is 22.7 Å². The van der Waals surface area contributed by atoms with E-state index in [1.165, 1.54) is 0 Å². The SMILES string of the molecule is CCC(C)(C)C(=O)OC12CC3CC(C1)CC(C(=O)OC(CC(C)(C)O)C(C)(C)O)(C3)C2. The Morgan fingerprint density at radius 1 is 1.00 bits per heavy atom. The molecule has 2 N–H and O–H groups in total. The van der Waals surface area contributed by atoms with E-state index in [1.54, 1.807) is 27.7 Å². The van der Waals surface area contributed by atoms with Crippen LogP contribution in [-0.4, -0.2) is 45.1 Å². The summed E-state index contributed by atoms with van der Waals surface area (Å²) in [6.45, 7) is 12.3. The summed E-state index contributed by atoms with van der Waals surface area (Å²) in [4.78, 5) is 26.5. The van der Waals surface area contributed by atoms with Gasteiger partial charge in [0.25, 0.3) is 0 Å². The van der Waals surface area contributed by atoms with Gasteiger partial charge >= 0.3 is 11.9 Å². The minimum atomic E-state index is -1.27. The van der Waals surface area contributed by atoms with Gasteiger partial charge in [-0.1, -0.05) is 6.92 Å². The monoisotopic (exact) mass is 438 g/mol. The summed E-state index contributed by atoms with van der Waals surface area (Å²) in [6.07, 6.45) is 4.75. The quantitative estimate of drug-likeness (QED) is 0.553. The van der Waals surface area contributed by atoms with Gasteiger partial charge in [-0.25, -0.2) is 0 Å². The first-order chi connectivity index (χ1) is 14.0. The van der Waals surface area contributed by atoms with E-state index in [0.29, 0.717) is 24.7 Å². The van der Waals surface area contributed by atoms with E-state index in [2.05, 4.69) is 0 Å². The lowest BCUT2D eigenvalue weighted by Crippen LogP contribution is -2.61. The Kier molecular flexibility index (Phi) is 6.10. The smallest absolute Gasteiger partial charge is 0.312 e. The summed E-state index contributed by atoms with van der Waals surface area (Å²) < 4.78 is 12.1. The van der Waals surface area contributed by atoms with E-state index in [0.717, 1.165) is 32.1 Å². The van der Waals surface area contributed by atoms with Gasteiger partial charge in [0.05, 0.1) is 22.0 Å². The van der Waals surface area contributed by atoms with Gasteiger partial charge in [0.15, 0.2) is 0 Å². The average Bonchev–Trinajstić information content (AvgIpc) is 2.57. The Labute approximate surface area is 187 Å². The maximum Gasteiger partial charge on any atom is 0.312 e. The van der Waals surface area contributed by atoms with Crippen molar-refractivity contribution in [3.63, 3.8) is 0 Å². The first-order valence-electron chi connectivity index (χ1n) is 11.9. The molecule has 0 radical (unpaired) electrons. The van der Waals surface area contributed by atoms with E-state index >= 15 is 0 Å². The molecule has 0 amide bonds. The lowest BCUT2D eigenvalue weighted by Gasteiger charge is -2.60. The number of carbonyl (C=O) groups excluding carboxylic acids is 2. The van der Waals surface area contributed by atoms with Gasteiger partial charge in [-0.2, -0.15) is 0 Å². The van der Waals surface area contributed by atoms with Gasteiger partial charge in [-0.15, -0.1) is 0 Å². The molecule has 31 heavy (non-hydrogen) atoms. The fraction of sp³-hybridized carbons (Fsp3) is 0.920. The third kappa shape index (κ3) is 5.11. The Morgan fingerprint density at radius 3 is 2.00 bits per heavy atom. The van der Waals surface area contributed by atoms with Crippen molar-refractivity contribution in [3.8, 4) is 0 Å².